The van der Waals surface area contributed by atoms with Crippen LogP contribution in [0.4, 0.5) is 0 Å². The Morgan fingerprint density at radius 3 is 2.64 bits per heavy atom. The van der Waals surface area contributed by atoms with Crippen molar-refractivity contribution in [3.63, 3.8) is 0 Å². The minimum atomic E-state index is -3.66. The predicted molar refractivity (Wildman–Crippen MR) is 86.8 cm³/mol. The van der Waals surface area contributed by atoms with Gasteiger partial charge in [-0.1, -0.05) is 0 Å². The molecule has 1 aromatic heterocycles. The van der Waals surface area contributed by atoms with Crippen LogP contribution < -0.4 is 10.0 Å². The van der Waals surface area contributed by atoms with E-state index in [1.54, 1.807) is 25.6 Å². The first-order chi connectivity index (χ1) is 9.75. The fraction of sp³-hybridized carbons (Fsp3) is 0.769. The SMILES string of the molecule is Cc1nn(C)c(C)c1S(=O)(=O)NCC1(O)CCCNCC1.Cl. The molecule has 0 amide bonds. The molecular weight excluding hydrogens is 328 g/mol. The highest BCUT2D eigenvalue weighted by Crippen LogP contribution is 2.22. The van der Waals surface area contributed by atoms with E-state index < -0.39 is 15.6 Å². The summed E-state index contributed by atoms with van der Waals surface area (Å²) >= 11 is 0. The van der Waals surface area contributed by atoms with Crippen molar-refractivity contribution in [1.82, 2.24) is 19.8 Å². The molecule has 128 valence electrons. The van der Waals surface area contributed by atoms with E-state index in [-0.39, 0.29) is 23.8 Å². The molecule has 7 nitrogen and oxygen atoms in total. The molecule has 1 unspecified atom stereocenters. The molecule has 0 aliphatic carbocycles. The van der Waals surface area contributed by atoms with Gasteiger partial charge in [0.2, 0.25) is 10.0 Å². The van der Waals surface area contributed by atoms with E-state index in [2.05, 4.69) is 15.1 Å². The van der Waals surface area contributed by atoms with E-state index in [4.69, 9.17) is 0 Å². The molecule has 2 heterocycles. The normalized spacial score (nSPS) is 22.9. The van der Waals surface area contributed by atoms with Crippen LogP contribution in [0, 0.1) is 13.8 Å². The van der Waals surface area contributed by atoms with Crippen LogP contribution in [0.1, 0.15) is 30.7 Å². The van der Waals surface area contributed by atoms with Crippen molar-refractivity contribution in [1.29, 1.82) is 0 Å². The largest absolute Gasteiger partial charge is 0.388 e. The van der Waals surface area contributed by atoms with E-state index in [9.17, 15) is 13.5 Å². The minimum Gasteiger partial charge on any atom is -0.388 e. The molecule has 1 aliphatic heterocycles. The minimum absolute atomic E-state index is 0. The third kappa shape index (κ3) is 4.20. The molecule has 0 aromatic carbocycles. The van der Waals surface area contributed by atoms with E-state index in [0.717, 1.165) is 13.0 Å². The summed E-state index contributed by atoms with van der Waals surface area (Å²) in [6.07, 6.45) is 1.97. The zero-order valence-corrected chi connectivity index (χ0v) is 14.9. The van der Waals surface area contributed by atoms with Gasteiger partial charge in [-0.2, -0.15) is 5.10 Å². The Balaban J connectivity index is 0.00000242. The second-order valence-electron chi connectivity index (χ2n) is 5.78. The van der Waals surface area contributed by atoms with Crippen LogP contribution >= 0.6 is 12.4 Å². The van der Waals surface area contributed by atoms with Gasteiger partial charge in [0.1, 0.15) is 4.90 Å². The predicted octanol–water partition coefficient (Wildman–Crippen LogP) is 0.242. The van der Waals surface area contributed by atoms with Crippen molar-refractivity contribution in [3.05, 3.63) is 11.4 Å². The summed E-state index contributed by atoms with van der Waals surface area (Å²) in [6, 6.07) is 0. The first-order valence-electron chi connectivity index (χ1n) is 7.18. The van der Waals surface area contributed by atoms with Crippen molar-refractivity contribution < 1.29 is 13.5 Å². The highest BCUT2D eigenvalue weighted by molar-refractivity contribution is 7.89. The molecule has 0 spiro atoms. The Hall–Kier alpha value is -0.670. The Labute approximate surface area is 137 Å². The molecule has 0 bridgehead atoms. The van der Waals surface area contributed by atoms with E-state index >= 15 is 0 Å². The Morgan fingerprint density at radius 2 is 2.05 bits per heavy atom. The number of sulfonamides is 1. The lowest BCUT2D eigenvalue weighted by molar-refractivity contribution is 0.0335. The molecule has 0 saturated carbocycles. The van der Waals surface area contributed by atoms with Crippen LogP contribution in [0.3, 0.4) is 0 Å². The van der Waals surface area contributed by atoms with Crippen molar-refractivity contribution in [2.75, 3.05) is 19.6 Å². The summed E-state index contributed by atoms with van der Waals surface area (Å²) in [5.41, 5.74) is 0.0761. The second kappa shape index (κ2) is 7.27. The fourth-order valence-electron chi connectivity index (χ4n) is 2.73. The third-order valence-corrected chi connectivity index (χ3v) is 5.72. The van der Waals surface area contributed by atoms with Gasteiger partial charge in [0.05, 0.1) is 17.0 Å². The van der Waals surface area contributed by atoms with Crippen LogP contribution in [0.2, 0.25) is 0 Å². The van der Waals surface area contributed by atoms with Crippen molar-refractivity contribution >= 4 is 22.4 Å². The van der Waals surface area contributed by atoms with Gasteiger partial charge in [0.15, 0.2) is 0 Å². The maximum Gasteiger partial charge on any atom is 0.244 e. The van der Waals surface area contributed by atoms with Gasteiger partial charge < -0.3 is 10.4 Å². The van der Waals surface area contributed by atoms with Gasteiger partial charge in [-0.15, -0.1) is 12.4 Å². The molecule has 3 N–H and O–H groups in total. The number of hydrogen-bond acceptors (Lipinski definition) is 5. The van der Waals surface area contributed by atoms with E-state index in [1.807, 2.05) is 0 Å². The molecule has 9 heteroatoms. The smallest absolute Gasteiger partial charge is 0.244 e. The lowest BCUT2D eigenvalue weighted by atomic mass is 9.95. The molecular formula is C13H25ClN4O3S. The average Bonchev–Trinajstić information content (AvgIpc) is 2.56. The number of nitrogens with one attached hydrogen (secondary N) is 2. The molecule has 0 radical (unpaired) electrons. The number of halogens is 1. The average molecular weight is 353 g/mol. The van der Waals surface area contributed by atoms with Gasteiger partial charge >= 0.3 is 0 Å². The number of aromatic nitrogens is 2. The van der Waals surface area contributed by atoms with Crippen molar-refractivity contribution in [2.24, 2.45) is 7.05 Å². The summed E-state index contributed by atoms with van der Waals surface area (Å²) in [4.78, 5) is 0.209. The Bertz CT molecular complexity index is 607. The van der Waals surface area contributed by atoms with E-state index in [0.29, 0.717) is 30.8 Å². The molecule has 1 aliphatic rings. The van der Waals surface area contributed by atoms with Crippen LogP contribution in [0.5, 0.6) is 0 Å². The number of hydrogen-bond donors (Lipinski definition) is 3. The molecule has 1 fully saturated rings. The van der Waals surface area contributed by atoms with Crippen molar-refractivity contribution in [2.45, 2.75) is 43.6 Å². The standard InChI is InChI=1S/C13H24N4O3S.ClH/c1-10-12(11(2)17(3)16-10)21(19,20)15-9-13(18)5-4-7-14-8-6-13;/h14-15,18H,4-9H2,1-3H3;1H. The fourth-order valence-corrected chi connectivity index (χ4v) is 4.29. The zero-order valence-electron chi connectivity index (χ0n) is 13.2. The Kier molecular flexibility index (Phi) is 6.40. The first kappa shape index (κ1) is 19.4. The maximum atomic E-state index is 12.5. The monoisotopic (exact) mass is 352 g/mol. The van der Waals surface area contributed by atoms with Crippen LogP contribution in [0.15, 0.2) is 4.90 Å². The molecule has 2 rings (SSSR count). The van der Waals surface area contributed by atoms with Gasteiger partial charge in [-0.05, 0) is 46.2 Å². The van der Waals surface area contributed by atoms with Crippen LogP contribution in [0.25, 0.3) is 0 Å². The van der Waals surface area contributed by atoms with Gasteiger partial charge in [-0.25, -0.2) is 13.1 Å². The summed E-state index contributed by atoms with van der Waals surface area (Å²) < 4.78 is 29.0. The number of rotatable bonds is 4. The molecule has 22 heavy (non-hydrogen) atoms. The third-order valence-electron chi connectivity index (χ3n) is 4.07. The van der Waals surface area contributed by atoms with E-state index in [1.165, 1.54) is 0 Å². The molecule has 1 atom stereocenters. The first-order valence-corrected chi connectivity index (χ1v) is 8.66. The number of nitrogens with zero attached hydrogens (tertiary/aromatic N) is 2. The quantitative estimate of drug-likeness (QED) is 0.721. The van der Waals surface area contributed by atoms with Crippen LogP contribution in [-0.2, 0) is 17.1 Å². The van der Waals surface area contributed by atoms with Gasteiger partial charge in [0.25, 0.3) is 0 Å². The summed E-state index contributed by atoms with van der Waals surface area (Å²) in [5.74, 6) is 0. The molecule has 1 aromatic rings. The highest BCUT2D eigenvalue weighted by Gasteiger charge is 2.31. The Morgan fingerprint density at radius 1 is 1.36 bits per heavy atom. The zero-order chi connectivity index (χ0) is 15.7. The number of aliphatic hydroxyl groups is 1. The molecule has 1 saturated heterocycles. The summed E-state index contributed by atoms with van der Waals surface area (Å²) in [6.45, 7) is 4.98. The second-order valence-corrected chi connectivity index (χ2v) is 7.48. The van der Waals surface area contributed by atoms with Crippen LogP contribution in [-0.4, -0.2) is 48.5 Å². The van der Waals surface area contributed by atoms with Gasteiger partial charge in [0, 0.05) is 13.6 Å². The maximum absolute atomic E-state index is 12.5. The summed E-state index contributed by atoms with van der Waals surface area (Å²) in [5, 5.41) is 17.8. The lowest BCUT2D eigenvalue weighted by Gasteiger charge is -2.26. The topological polar surface area (TPSA) is 96.2 Å². The van der Waals surface area contributed by atoms with Crippen molar-refractivity contribution in [3.8, 4) is 0 Å². The number of aryl methyl sites for hydroxylation is 2. The highest BCUT2D eigenvalue weighted by atomic mass is 35.5. The van der Waals surface area contributed by atoms with Gasteiger partial charge in [-0.3, -0.25) is 4.68 Å². The lowest BCUT2D eigenvalue weighted by Crippen LogP contribution is -2.43. The summed E-state index contributed by atoms with van der Waals surface area (Å²) in [7, 11) is -1.95.